The summed E-state index contributed by atoms with van der Waals surface area (Å²) in [6, 6.07) is 18.7. The number of nitrogens with zero attached hydrogens (tertiary/aromatic N) is 3. The maximum absolute atomic E-state index is 13.6. The minimum absolute atomic E-state index is 0.148. The molecule has 10 heteroatoms. The fraction of sp³-hybridized carbons (Fsp3) is 0.410. The number of likely N-dealkylation sites (tertiary alicyclic amines) is 1. The zero-order chi connectivity index (χ0) is 34.2. The third kappa shape index (κ3) is 9.12. The quantitative estimate of drug-likeness (QED) is 0.119. The largest absolute Gasteiger partial charge is 0.494 e. The van der Waals surface area contributed by atoms with Crippen molar-refractivity contribution < 1.29 is 24.2 Å². The lowest BCUT2D eigenvalue weighted by Crippen LogP contribution is -2.49. The Hall–Kier alpha value is -4.57. The summed E-state index contributed by atoms with van der Waals surface area (Å²) in [5.74, 6) is -0.0524. The summed E-state index contributed by atoms with van der Waals surface area (Å²) in [6.45, 7) is 3.45. The molecule has 9 nitrogen and oxygen atoms in total. The highest BCUT2D eigenvalue weighted by Gasteiger charge is 2.35. The lowest BCUT2D eigenvalue weighted by Gasteiger charge is -2.24. The van der Waals surface area contributed by atoms with Crippen LogP contribution in [0.15, 0.2) is 73.1 Å². The zero-order valence-electron chi connectivity index (χ0n) is 28.0. The smallest absolute Gasteiger partial charge is 0.308 e. The number of carboxylic acids is 1. The Labute approximate surface area is 291 Å². The summed E-state index contributed by atoms with van der Waals surface area (Å²) >= 11 is 1.48. The Kier molecular flexibility index (Phi) is 11.4. The van der Waals surface area contributed by atoms with Gasteiger partial charge < -0.3 is 20.1 Å². The Morgan fingerprint density at radius 1 is 0.898 bits per heavy atom. The highest BCUT2D eigenvalue weighted by atomic mass is 32.1. The minimum Gasteiger partial charge on any atom is -0.494 e. The van der Waals surface area contributed by atoms with Crippen LogP contribution in [0.5, 0.6) is 5.75 Å². The molecule has 3 heterocycles. The van der Waals surface area contributed by atoms with Gasteiger partial charge in [-0.2, -0.15) is 0 Å². The van der Waals surface area contributed by atoms with Gasteiger partial charge in [-0.05, 0) is 67.0 Å². The monoisotopic (exact) mass is 680 g/mol. The van der Waals surface area contributed by atoms with Gasteiger partial charge in [-0.25, -0.2) is 9.97 Å². The van der Waals surface area contributed by atoms with Crippen LogP contribution >= 0.6 is 11.3 Å². The minimum atomic E-state index is -0.903. The molecule has 1 aliphatic carbocycles. The molecule has 0 spiro atoms. The van der Waals surface area contributed by atoms with E-state index in [1.807, 2.05) is 73.1 Å². The molecule has 2 atom stereocenters. The number of aromatic nitrogens is 2. The summed E-state index contributed by atoms with van der Waals surface area (Å²) in [4.78, 5) is 51.0. The van der Waals surface area contributed by atoms with Crippen molar-refractivity contribution in [3.8, 4) is 28.3 Å². The van der Waals surface area contributed by atoms with E-state index in [1.54, 1.807) is 4.90 Å². The van der Waals surface area contributed by atoms with Crippen molar-refractivity contribution in [1.82, 2.24) is 20.2 Å². The average molecular weight is 681 g/mol. The molecule has 0 unspecified atom stereocenters. The molecule has 2 N–H and O–H groups in total. The van der Waals surface area contributed by atoms with E-state index >= 15 is 0 Å². The molecule has 0 radical (unpaired) electrons. The molecule has 4 aromatic rings. The second-order valence-electron chi connectivity index (χ2n) is 13.1. The van der Waals surface area contributed by atoms with Gasteiger partial charge in [0.1, 0.15) is 11.8 Å². The van der Waals surface area contributed by atoms with Gasteiger partial charge in [0.2, 0.25) is 5.91 Å². The highest BCUT2D eigenvalue weighted by molar-refractivity contribution is 7.14. The second kappa shape index (κ2) is 16.2. The molecule has 2 fully saturated rings. The molecular formula is C39H44N4O5S. The maximum Gasteiger partial charge on any atom is 0.308 e. The number of unbranched alkanes of at least 4 members (excludes halogenated alkanes) is 4. The van der Waals surface area contributed by atoms with E-state index in [4.69, 9.17) is 4.74 Å². The number of nitrogens with one attached hydrogen (secondary N) is 1. The summed E-state index contributed by atoms with van der Waals surface area (Å²) < 4.78 is 5.90. The number of hydrogen-bond acceptors (Lipinski definition) is 7. The number of thiophene rings is 1. The van der Waals surface area contributed by atoms with Crippen LogP contribution in [0.25, 0.3) is 22.5 Å². The number of carbonyl (C=O) groups excluding carboxylic acids is 2. The van der Waals surface area contributed by atoms with Gasteiger partial charge >= 0.3 is 5.97 Å². The van der Waals surface area contributed by atoms with Crippen molar-refractivity contribution in [1.29, 1.82) is 0 Å². The Balaban J connectivity index is 1.08. The van der Waals surface area contributed by atoms with E-state index in [9.17, 15) is 19.5 Å². The molecule has 49 heavy (non-hydrogen) atoms. The van der Waals surface area contributed by atoms with Crippen LogP contribution < -0.4 is 10.1 Å². The number of aliphatic carboxylic acids is 1. The van der Waals surface area contributed by atoms with E-state index in [2.05, 4.69) is 22.2 Å². The van der Waals surface area contributed by atoms with E-state index in [0.29, 0.717) is 29.6 Å². The molecule has 0 bridgehead atoms. The van der Waals surface area contributed by atoms with Crippen molar-refractivity contribution in [3.63, 3.8) is 0 Å². The van der Waals surface area contributed by atoms with E-state index in [-0.39, 0.29) is 24.8 Å². The first kappa shape index (κ1) is 34.3. The highest BCUT2D eigenvalue weighted by Crippen LogP contribution is 2.43. The molecule has 2 aliphatic rings. The first-order valence-electron chi connectivity index (χ1n) is 17.4. The number of rotatable bonds is 16. The number of hydrogen-bond donors (Lipinski definition) is 2. The van der Waals surface area contributed by atoms with Gasteiger partial charge in [-0.3, -0.25) is 14.4 Å². The van der Waals surface area contributed by atoms with Gasteiger partial charge in [0, 0.05) is 47.9 Å². The summed E-state index contributed by atoms with van der Waals surface area (Å²) in [5.41, 5.74) is 3.61. The molecule has 1 saturated carbocycles. The van der Waals surface area contributed by atoms with Crippen molar-refractivity contribution >= 4 is 29.1 Å². The summed E-state index contributed by atoms with van der Waals surface area (Å²) in [6.07, 6.45) is 12.6. The summed E-state index contributed by atoms with van der Waals surface area (Å²) in [5, 5.41) is 12.4. The predicted molar refractivity (Wildman–Crippen MR) is 191 cm³/mol. The van der Waals surface area contributed by atoms with Crippen molar-refractivity contribution in [2.75, 3.05) is 19.7 Å². The Morgan fingerprint density at radius 3 is 2.29 bits per heavy atom. The van der Waals surface area contributed by atoms with Crippen LogP contribution in [0, 0.1) is 5.92 Å². The summed E-state index contributed by atoms with van der Waals surface area (Å²) in [7, 11) is 0. The molecule has 256 valence electrons. The number of ether oxygens (including phenoxy) is 1. The lowest BCUT2D eigenvalue weighted by molar-refractivity contribution is -0.141. The third-order valence-electron chi connectivity index (χ3n) is 9.29. The molecule has 6 rings (SSSR count). The SMILES string of the molecule is CCCCCCCOc1ccc(-c2cnc(-c3ccc(C[C@H](NC(=O)c4ccc(C5CC5)s4)C(=O)N4CC[C@H](C(=O)O)C4)cc3)nc2)cc1. The molecule has 1 aliphatic heterocycles. The van der Waals surface area contributed by atoms with Crippen LogP contribution in [-0.4, -0.2) is 63.5 Å². The fourth-order valence-corrected chi connectivity index (χ4v) is 7.25. The number of amides is 2. The molecule has 2 aromatic carbocycles. The van der Waals surface area contributed by atoms with Crippen molar-refractivity contribution in [2.24, 2.45) is 5.92 Å². The zero-order valence-corrected chi connectivity index (χ0v) is 28.8. The van der Waals surface area contributed by atoms with Crippen LogP contribution in [0.3, 0.4) is 0 Å². The standard InChI is InChI=1S/C39H44N4O5S/c1-2-3-4-5-6-21-48-32-15-13-27(14-16-32)31-23-40-36(41-24-31)29-9-7-26(8-10-29)22-33(38(45)43-20-19-30(25-43)39(46)47)42-37(44)35-18-17-34(49-35)28-11-12-28/h7-10,13-18,23-24,28,30,33H,2-6,11-12,19-22,25H2,1H3,(H,42,44)(H,46,47)/t30-,33-/m0/s1. The van der Waals surface area contributed by atoms with E-state index < -0.39 is 17.9 Å². The molecule has 2 aromatic heterocycles. The van der Waals surface area contributed by atoms with Crippen LogP contribution in [-0.2, 0) is 16.0 Å². The normalized spacial score (nSPS) is 16.3. The van der Waals surface area contributed by atoms with Crippen molar-refractivity contribution in [2.45, 2.75) is 76.7 Å². The van der Waals surface area contributed by atoms with Gasteiger partial charge in [-0.15, -0.1) is 11.3 Å². The molecule has 1 saturated heterocycles. The first-order chi connectivity index (χ1) is 23.9. The average Bonchev–Trinajstić information content (AvgIpc) is 3.62. The predicted octanol–water partition coefficient (Wildman–Crippen LogP) is 7.37. The van der Waals surface area contributed by atoms with Crippen molar-refractivity contribution in [3.05, 3.63) is 88.4 Å². The van der Waals surface area contributed by atoms with Gasteiger partial charge in [0.15, 0.2) is 5.82 Å². The topological polar surface area (TPSA) is 122 Å². The maximum atomic E-state index is 13.6. The first-order valence-corrected chi connectivity index (χ1v) is 18.3. The van der Waals surface area contributed by atoms with Crippen LogP contribution in [0.4, 0.5) is 0 Å². The molecular weight excluding hydrogens is 637 g/mol. The number of carboxylic acid groups (broad SMARTS) is 1. The molecule has 2 amide bonds. The number of benzene rings is 2. The Morgan fingerprint density at radius 2 is 1.61 bits per heavy atom. The van der Waals surface area contributed by atoms with Crippen LogP contribution in [0.1, 0.15) is 84.3 Å². The second-order valence-corrected chi connectivity index (χ2v) is 14.2. The van der Waals surface area contributed by atoms with E-state index in [0.717, 1.165) is 53.9 Å². The Bertz CT molecular complexity index is 1720. The van der Waals surface area contributed by atoms with Crippen LogP contribution in [0.2, 0.25) is 0 Å². The third-order valence-corrected chi connectivity index (χ3v) is 10.5. The van der Waals surface area contributed by atoms with E-state index in [1.165, 1.54) is 41.9 Å². The van der Waals surface area contributed by atoms with Gasteiger partial charge in [0.05, 0.1) is 17.4 Å². The fourth-order valence-electron chi connectivity index (χ4n) is 6.17. The lowest BCUT2D eigenvalue weighted by atomic mass is 10.0. The van der Waals surface area contributed by atoms with Gasteiger partial charge in [0.25, 0.3) is 5.91 Å². The number of carbonyl (C=O) groups is 3. The van der Waals surface area contributed by atoms with Gasteiger partial charge in [-0.1, -0.05) is 69.0 Å².